The first-order chi connectivity index (χ1) is 37.5. The summed E-state index contributed by atoms with van der Waals surface area (Å²) in [6, 6.07) is 88.4. The molecule has 76 heavy (non-hydrogen) atoms. The SMILES string of the molecule is CC1(Cc2ccc(-c3nc(-c4ccccc4)nc(-c4ccc5c(c4)-c4ccccc4C54c5ccccc5-c5ccccc54)n3)cc2)c2ccccc2-c2c(-c3nc(-c4ccccc4)nc(-c4ccccc4)n3)cccc21. The minimum atomic E-state index is -0.423. The van der Waals surface area contributed by atoms with Crippen LogP contribution in [0.25, 0.3) is 102 Å². The van der Waals surface area contributed by atoms with E-state index in [4.69, 9.17) is 29.9 Å². The molecule has 0 N–H and O–H groups in total. The molecule has 0 saturated heterocycles. The average Bonchev–Trinajstić information content (AvgIpc) is 4.29. The molecule has 0 aliphatic heterocycles. The minimum absolute atomic E-state index is 0.352. The predicted octanol–water partition coefficient (Wildman–Crippen LogP) is 15.9. The van der Waals surface area contributed by atoms with E-state index in [9.17, 15) is 0 Å². The van der Waals surface area contributed by atoms with Crippen LogP contribution in [0, 0.1) is 0 Å². The molecule has 0 fully saturated rings. The summed E-state index contributed by atoms with van der Waals surface area (Å²) in [6.07, 6.45) is 0.771. The van der Waals surface area contributed by atoms with Crippen molar-refractivity contribution in [2.45, 2.75) is 24.2 Å². The van der Waals surface area contributed by atoms with Crippen molar-refractivity contribution in [2.24, 2.45) is 0 Å². The summed E-state index contributed by atoms with van der Waals surface area (Å²) in [6.45, 7) is 2.37. The molecule has 1 atom stereocenters. The summed E-state index contributed by atoms with van der Waals surface area (Å²) in [5.74, 6) is 3.83. The maximum Gasteiger partial charge on any atom is 0.164 e. The first kappa shape index (κ1) is 43.8. The van der Waals surface area contributed by atoms with Gasteiger partial charge in [-0.1, -0.05) is 250 Å². The summed E-state index contributed by atoms with van der Waals surface area (Å²) >= 11 is 0. The molecule has 0 saturated carbocycles. The molecular weight excluding hydrogens is 925 g/mol. The van der Waals surface area contributed by atoms with Crippen molar-refractivity contribution in [1.82, 2.24) is 29.9 Å². The van der Waals surface area contributed by atoms with Crippen LogP contribution in [-0.2, 0) is 17.3 Å². The van der Waals surface area contributed by atoms with Gasteiger partial charge >= 0.3 is 0 Å². The number of hydrogen-bond acceptors (Lipinski definition) is 6. The van der Waals surface area contributed by atoms with Gasteiger partial charge in [-0.2, -0.15) is 0 Å². The monoisotopic (exact) mass is 970 g/mol. The van der Waals surface area contributed by atoms with E-state index < -0.39 is 5.41 Å². The van der Waals surface area contributed by atoms with E-state index in [0.717, 1.165) is 45.4 Å². The van der Waals surface area contributed by atoms with Gasteiger partial charge in [0.1, 0.15) is 0 Å². The molecule has 3 aliphatic carbocycles. The van der Waals surface area contributed by atoms with E-state index in [1.54, 1.807) is 0 Å². The second kappa shape index (κ2) is 17.2. The molecule has 15 rings (SSSR count). The van der Waals surface area contributed by atoms with Crippen LogP contribution in [0.15, 0.2) is 249 Å². The number of fused-ring (bicyclic) bond motifs is 13. The Morgan fingerprint density at radius 2 is 0.618 bits per heavy atom. The first-order valence-corrected chi connectivity index (χ1v) is 26.0. The van der Waals surface area contributed by atoms with E-state index in [1.165, 1.54) is 66.8 Å². The van der Waals surface area contributed by atoms with Crippen LogP contribution >= 0.6 is 0 Å². The first-order valence-electron chi connectivity index (χ1n) is 26.0. The normalized spacial score (nSPS) is 14.9. The Balaban J connectivity index is 0.810. The van der Waals surface area contributed by atoms with Crippen molar-refractivity contribution >= 4 is 0 Å². The maximum absolute atomic E-state index is 5.30. The molecule has 0 bridgehead atoms. The van der Waals surface area contributed by atoms with Gasteiger partial charge in [-0.25, -0.2) is 29.9 Å². The van der Waals surface area contributed by atoms with Crippen LogP contribution in [0.3, 0.4) is 0 Å². The molecule has 356 valence electrons. The molecule has 10 aromatic carbocycles. The summed E-state index contributed by atoms with van der Waals surface area (Å²) in [4.78, 5) is 31.1. The molecule has 0 radical (unpaired) electrons. The lowest BCUT2D eigenvalue weighted by atomic mass is 9.70. The standard InChI is InChI=1S/C70H46N6/c1-69(56-31-15-14-29-53(56)62-54(30-19-35-61(62)69)68-75-64(46-22-7-3-8-23-46)72-65(76-68)47-24-9-4-10-25-47)43-44-36-38-48(39-37-44)66-71-63(45-20-5-2-6-21-45)73-67(74-66)49-40-41-60-55(42-49)52-28-13-18-34-59(52)70(60)57-32-16-11-26-50(57)51-27-12-17-33-58(51)70/h2-42H,43H2,1H3. The molecule has 1 unspecified atom stereocenters. The van der Waals surface area contributed by atoms with Crippen LogP contribution in [0.4, 0.5) is 0 Å². The molecule has 0 amide bonds. The maximum atomic E-state index is 5.30. The quantitative estimate of drug-likeness (QED) is 0.151. The lowest BCUT2D eigenvalue weighted by molar-refractivity contribution is 0.583. The van der Waals surface area contributed by atoms with E-state index >= 15 is 0 Å². The summed E-state index contributed by atoms with van der Waals surface area (Å²) in [5, 5.41) is 0. The Hall–Kier alpha value is -9.78. The van der Waals surface area contributed by atoms with Crippen LogP contribution < -0.4 is 0 Å². The van der Waals surface area contributed by atoms with E-state index in [0.29, 0.717) is 34.9 Å². The number of rotatable bonds is 8. The van der Waals surface area contributed by atoms with E-state index in [1.807, 2.05) is 54.6 Å². The van der Waals surface area contributed by atoms with Gasteiger partial charge in [0.05, 0.1) is 5.41 Å². The van der Waals surface area contributed by atoms with Crippen molar-refractivity contribution in [3.05, 3.63) is 288 Å². The predicted molar refractivity (Wildman–Crippen MR) is 304 cm³/mol. The number of hydrogen-bond donors (Lipinski definition) is 0. The smallest absolute Gasteiger partial charge is 0.164 e. The number of benzene rings is 10. The van der Waals surface area contributed by atoms with Crippen molar-refractivity contribution in [1.29, 1.82) is 0 Å². The third-order valence-electron chi connectivity index (χ3n) is 16.1. The Kier molecular flexibility index (Phi) is 9.88. The van der Waals surface area contributed by atoms with Crippen molar-refractivity contribution in [3.8, 4) is 102 Å². The Morgan fingerprint density at radius 1 is 0.263 bits per heavy atom. The second-order valence-electron chi connectivity index (χ2n) is 20.3. The Bertz CT molecular complexity index is 4160. The highest BCUT2D eigenvalue weighted by atomic mass is 15.0. The zero-order valence-corrected chi connectivity index (χ0v) is 41.6. The van der Waals surface area contributed by atoms with Gasteiger partial charge in [0.2, 0.25) is 0 Å². The molecule has 12 aromatic rings. The van der Waals surface area contributed by atoms with Gasteiger partial charge in [-0.3, -0.25) is 0 Å². The molecule has 6 nitrogen and oxygen atoms in total. The third-order valence-corrected chi connectivity index (χ3v) is 16.1. The highest BCUT2D eigenvalue weighted by Crippen LogP contribution is 2.63. The fourth-order valence-corrected chi connectivity index (χ4v) is 12.7. The molecule has 1 spiro atoms. The minimum Gasteiger partial charge on any atom is -0.208 e. The van der Waals surface area contributed by atoms with Crippen molar-refractivity contribution < 1.29 is 0 Å². The lowest BCUT2D eigenvalue weighted by Crippen LogP contribution is -2.25. The van der Waals surface area contributed by atoms with Gasteiger partial charge in [0.15, 0.2) is 34.9 Å². The average molecular weight is 971 g/mol. The fourth-order valence-electron chi connectivity index (χ4n) is 12.7. The van der Waals surface area contributed by atoms with Crippen molar-refractivity contribution in [2.75, 3.05) is 0 Å². The van der Waals surface area contributed by atoms with Gasteiger partial charge in [0.25, 0.3) is 0 Å². The highest BCUT2D eigenvalue weighted by molar-refractivity contribution is 5.96. The van der Waals surface area contributed by atoms with Gasteiger partial charge in [-0.05, 0) is 84.8 Å². The van der Waals surface area contributed by atoms with Crippen LogP contribution in [0.1, 0.15) is 45.9 Å². The molecular formula is C70H46N6. The number of nitrogens with zero attached hydrogens (tertiary/aromatic N) is 6. The fraction of sp³-hybridized carbons (Fsp3) is 0.0571. The Labute approximate surface area is 441 Å². The zero-order valence-electron chi connectivity index (χ0n) is 41.6. The van der Waals surface area contributed by atoms with Crippen LogP contribution in [0.5, 0.6) is 0 Å². The van der Waals surface area contributed by atoms with E-state index in [-0.39, 0.29) is 5.41 Å². The summed E-state index contributed by atoms with van der Waals surface area (Å²) in [5.41, 5.74) is 21.2. The van der Waals surface area contributed by atoms with Crippen LogP contribution in [-0.4, -0.2) is 29.9 Å². The molecule has 6 heteroatoms. The van der Waals surface area contributed by atoms with Gasteiger partial charge in [0, 0.05) is 38.8 Å². The van der Waals surface area contributed by atoms with Gasteiger partial charge < -0.3 is 0 Å². The summed E-state index contributed by atoms with van der Waals surface area (Å²) in [7, 11) is 0. The van der Waals surface area contributed by atoms with Crippen LogP contribution in [0.2, 0.25) is 0 Å². The van der Waals surface area contributed by atoms with Crippen molar-refractivity contribution in [3.63, 3.8) is 0 Å². The zero-order chi connectivity index (χ0) is 50.4. The molecule has 2 heterocycles. The third kappa shape index (κ3) is 6.67. The molecule has 3 aliphatic rings. The largest absolute Gasteiger partial charge is 0.208 e. The Morgan fingerprint density at radius 3 is 1.13 bits per heavy atom. The molecule has 2 aromatic heterocycles. The van der Waals surface area contributed by atoms with Gasteiger partial charge in [-0.15, -0.1) is 0 Å². The second-order valence-corrected chi connectivity index (χ2v) is 20.3. The highest BCUT2D eigenvalue weighted by Gasteiger charge is 2.51. The summed E-state index contributed by atoms with van der Waals surface area (Å²) < 4.78 is 0. The number of aromatic nitrogens is 6. The topological polar surface area (TPSA) is 77.3 Å². The van der Waals surface area contributed by atoms with E-state index in [2.05, 4.69) is 201 Å². The lowest BCUT2D eigenvalue weighted by Gasteiger charge is -2.30.